The average molecular weight is 467 g/mol. The van der Waals surface area contributed by atoms with Crippen molar-refractivity contribution in [2.75, 3.05) is 30.4 Å². The number of para-hydroxylation sites is 2. The van der Waals surface area contributed by atoms with Crippen molar-refractivity contribution in [1.82, 2.24) is 5.32 Å². The van der Waals surface area contributed by atoms with Gasteiger partial charge in [0.25, 0.3) is 17.5 Å². The molecule has 0 aromatic heterocycles. The third-order valence-electron chi connectivity index (χ3n) is 4.98. The van der Waals surface area contributed by atoms with Crippen molar-refractivity contribution < 1.29 is 14.5 Å². The third-order valence-corrected chi connectivity index (χ3v) is 5.29. The van der Waals surface area contributed by atoms with Crippen LogP contribution in [0.25, 0.3) is 0 Å². The molecule has 33 heavy (non-hydrogen) atoms. The van der Waals surface area contributed by atoms with Crippen molar-refractivity contribution in [2.24, 2.45) is 0 Å². The Morgan fingerprint density at radius 3 is 2.36 bits per heavy atom. The minimum atomic E-state index is -0.592. The molecule has 0 radical (unpaired) electrons. The summed E-state index contributed by atoms with van der Waals surface area (Å²) in [5.41, 5.74) is 1.58. The van der Waals surface area contributed by atoms with Crippen LogP contribution in [0.15, 0.2) is 72.8 Å². The summed E-state index contributed by atoms with van der Waals surface area (Å²) in [6, 6.07) is 20.2. The van der Waals surface area contributed by atoms with Crippen molar-refractivity contribution >= 4 is 40.5 Å². The molecule has 0 atom stereocenters. The molecular weight excluding hydrogens is 444 g/mol. The number of hydrogen-bond acceptors (Lipinski definition) is 5. The van der Waals surface area contributed by atoms with Crippen LogP contribution in [-0.2, 0) is 0 Å². The van der Waals surface area contributed by atoms with E-state index in [9.17, 15) is 19.7 Å². The highest BCUT2D eigenvalue weighted by molar-refractivity contribution is 6.34. The zero-order valence-corrected chi connectivity index (χ0v) is 18.7. The molecule has 0 bridgehead atoms. The first kappa shape index (κ1) is 23.7. The molecule has 0 saturated carbocycles. The number of benzene rings is 3. The van der Waals surface area contributed by atoms with Crippen LogP contribution in [0, 0.1) is 10.1 Å². The SMILES string of the molecule is CN(CCCNC(=O)c1ccccc1NC(=O)c1ccc([N+](=O)[O-])cc1Cl)c1ccccc1. The third kappa shape index (κ3) is 6.30. The summed E-state index contributed by atoms with van der Waals surface area (Å²) in [4.78, 5) is 37.7. The lowest BCUT2D eigenvalue weighted by Gasteiger charge is -2.19. The van der Waals surface area contributed by atoms with Crippen molar-refractivity contribution in [3.63, 3.8) is 0 Å². The molecule has 0 aliphatic heterocycles. The van der Waals surface area contributed by atoms with Crippen molar-refractivity contribution in [3.05, 3.63) is 99.1 Å². The zero-order valence-electron chi connectivity index (χ0n) is 18.0. The summed E-state index contributed by atoms with van der Waals surface area (Å²) in [6.45, 7) is 1.23. The van der Waals surface area contributed by atoms with E-state index in [1.807, 2.05) is 37.4 Å². The number of nitrogens with zero attached hydrogens (tertiary/aromatic N) is 2. The van der Waals surface area contributed by atoms with Gasteiger partial charge < -0.3 is 15.5 Å². The molecule has 0 fully saturated rings. The molecule has 0 saturated heterocycles. The number of amides is 2. The van der Waals surface area contributed by atoms with E-state index in [1.165, 1.54) is 12.1 Å². The van der Waals surface area contributed by atoms with Crippen LogP contribution in [-0.4, -0.2) is 36.9 Å². The van der Waals surface area contributed by atoms with Crippen molar-refractivity contribution in [1.29, 1.82) is 0 Å². The van der Waals surface area contributed by atoms with E-state index in [1.54, 1.807) is 24.3 Å². The van der Waals surface area contributed by atoms with Gasteiger partial charge in [0.05, 0.1) is 26.8 Å². The van der Waals surface area contributed by atoms with Crippen LogP contribution in [0.3, 0.4) is 0 Å². The topological polar surface area (TPSA) is 105 Å². The Kier molecular flexibility index (Phi) is 7.99. The van der Waals surface area contributed by atoms with E-state index in [4.69, 9.17) is 11.6 Å². The molecular formula is C24H23ClN4O4. The molecule has 0 spiro atoms. The summed E-state index contributed by atoms with van der Waals surface area (Å²) in [5, 5.41) is 16.3. The monoisotopic (exact) mass is 466 g/mol. The fourth-order valence-corrected chi connectivity index (χ4v) is 3.47. The van der Waals surface area contributed by atoms with Gasteiger partial charge in [-0.25, -0.2) is 0 Å². The first-order valence-electron chi connectivity index (χ1n) is 10.3. The summed E-state index contributed by atoms with van der Waals surface area (Å²) in [7, 11) is 1.99. The van der Waals surface area contributed by atoms with Gasteiger partial charge in [-0.05, 0) is 36.8 Å². The molecule has 2 N–H and O–H groups in total. The minimum absolute atomic E-state index is 0.0498. The Hall–Kier alpha value is -3.91. The van der Waals surface area contributed by atoms with Gasteiger partial charge in [0.2, 0.25) is 0 Å². The predicted molar refractivity (Wildman–Crippen MR) is 129 cm³/mol. The van der Waals surface area contributed by atoms with Crippen LogP contribution in [0.5, 0.6) is 0 Å². The van der Waals surface area contributed by atoms with Crippen LogP contribution < -0.4 is 15.5 Å². The molecule has 2 amide bonds. The van der Waals surface area contributed by atoms with E-state index < -0.39 is 10.8 Å². The second-order valence-corrected chi connectivity index (χ2v) is 7.69. The number of rotatable bonds is 9. The van der Waals surface area contributed by atoms with Crippen molar-refractivity contribution in [2.45, 2.75) is 6.42 Å². The Labute approximate surface area is 196 Å². The fourth-order valence-electron chi connectivity index (χ4n) is 3.21. The van der Waals surface area contributed by atoms with Gasteiger partial charge in [-0.1, -0.05) is 41.9 Å². The average Bonchev–Trinajstić information content (AvgIpc) is 2.82. The van der Waals surface area contributed by atoms with Gasteiger partial charge in [0.1, 0.15) is 0 Å². The van der Waals surface area contributed by atoms with Gasteiger partial charge in [-0.2, -0.15) is 0 Å². The number of non-ortho nitro benzene ring substituents is 1. The van der Waals surface area contributed by atoms with Gasteiger partial charge in [0, 0.05) is 38.0 Å². The van der Waals surface area contributed by atoms with Gasteiger partial charge in [0.15, 0.2) is 0 Å². The number of hydrogen-bond donors (Lipinski definition) is 2. The maximum absolute atomic E-state index is 12.7. The first-order chi connectivity index (χ1) is 15.9. The number of anilines is 2. The number of halogens is 1. The lowest BCUT2D eigenvalue weighted by molar-refractivity contribution is -0.384. The van der Waals surface area contributed by atoms with Crippen LogP contribution >= 0.6 is 11.6 Å². The molecule has 8 nitrogen and oxygen atoms in total. The van der Waals surface area contributed by atoms with Crippen LogP contribution in [0.2, 0.25) is 5.02 Å². The molecule has 0 heterocycles. The van der Waals surface area contributed by atoms with Crippen LogP contribution in [0.1, 0.15) is 27.1 Å². The number of nitrogens with one attached hydrogen (secondary N) is 2. The standard InChI is InChI=1S/C24H23ClN4O4/c1-28(17-8-3-2-4-9-17)15-7-14-26-23(30)20-10-5-6-11-22(20)27-24(31)19-13-12-18(29(32)33)16-21(19)25/h2-6,8-13,16H,7,14-15H2,1H3,(H,26,30)(H,27,31). The lowest BCUT2D eigenvalue weighted by atomic mass is 10.1. The minimum Gasteiger partial charge on any atom is -0.375 e. The Balaban J connectivity index is 1.60. The molecule has 0 unspecified atom stereocenters. The highest BCUT2D eigenvalue weighted by Gasteiger charge is 2.18. The van der Waals surface area contributed by atoms with Crippen LogP contribution in [0.4, 0.5) is 17.1 Å². The van der Waals surface area contributed by atoms with Crippen molar-refractivity contribution in [3.8, 4) is 0 Å². The molecule has 3 aromatic rings. The second-order valence-electron chi connectivity index (χ2n) is 7.29. The first-order valence-corrected chi connectivity index (χ1v) is 10.6. The molecule has 0 aliphatic rings. The molecule has 9 heteroatoms. The fraction of sp³-hybridized carbons (Fsp3) is 0.167. The Bertz CT molecular complexity index is 1150. The van der Waals surface area contributed by atoms with Gasteiger partial charge in [-0.3, -0.25) is 19.7 Å². The maximum Gasteiger partial charge on any atom is 0.270 e. The Morgan fingerprint density at radius 1 is 0.970 bits per heavy atom. The lowest BCUT2D eigenvalue weighted by Crippen LogP contribution is -2.29. The van der Waals surface area contributed by atoms with Gasteiger partial charge >= 0.3 is 0 Å². The molecule has 3 rings (SSSR count). The van der Waals surface area contributed by atoms with Gasteiger partial charge in [-0.15, -0.1) is 0 Å². The number of carbonyl (C=O) groups is 2. The van der Waals surface area contributed by atoms with E-state index in [0.29, 0.717) is 17.8 Å². The zero-order chi connectivity index (χ0) is 23.8. The molecule has 3 aromatic carbocycles. The molecule has 170 valence electrons. The predicted octanol–water partition coefficient (Wildman–Crippen LogP) is 4.76. The second kappa shape index (κ2) is 11.1. The summed E-state index contributed by atoms with van der Waals surface area (Å²) in [5.74, 6) is -0.886. The summed E-state index contributed by atoms with van der Waals surface area (Å²) >= 11 is 6.04. The number of carbonyl (C=O) groups excluding carboxylic acids is 2. The Morgan fingerprint density at radius 2 is 1.67 bits per heavy atom. The highest BCUT2D eigenvalue weighted by Crippen LogP contribution is 2.24. The quantitative estimate of drug-likeness (QED) is 0.269. The van der Waals surface area contributed by atoms with E-state index in [0.717, 1.165) is 24.7 Å². The smallest absolute Gasteiger partial charge is 0.270 e. The van der Waals surface area contributed by atoms with E-state index >= 15 is 0 Å². The summed E-state index contributed by atoms with van der Waals surface area (Å²) in [6.07, 6.45) is 0.740. The molecule has 0 aliphatic carbocycles. The highest BCUT2D eigenvalue weighted by atomic mass is 35.5. The normalized spacial score (nSPS) is 10.4. The maximum atomic E-state index is 12.7. The van der Waals surface area contributed by atoms with E-state index in [2.05, 4.69) is 15.5 Å². The number of nitro groups is 1. The number of nitro benzene ring substituents is 1. The largest absolute Gasteiger partial charge is 0.375 e. The van der Waals surface area contributed by atoms with E-state index in [-0.39, 0.29) is 22.2 Å². The summed E-state index contributed by atoms with van der Waals surface area (Å²) < 4.78 is 0.